The highest BCUT2D eigenvalue weighted by Crippen LogP contribution is 1.95. The maximum atomic E-state index is 3.44. The molecule has 3 heteroatoms. The van der Waals surface area contributed by atoms with Gasteiger partial charge in [-0.2, -0.15) is 11.8 Å². The predicted molar refractivity (Wildman–Crippen MR) is 59.0 cm³/mol. The van der Waals surface area contributed by atoms with Crippen molar-refractivity contribution in [3.05, 3.63) is 0 Å². The summed E-state index contributed by atoms with van der Waals surface area (Å²) in [4.78, 5) is 2.24. The lowest BCUT2D eigenvalue weighted by Crippen LogP contribution is -2.36. The summed E-state index contributed by atoms with van der Waals surface area (Å²) in [5.41, 5.74) is 0. The van der Waals surface area contributed by atoms with Gasteiger partial charge in [-0.1, -0.05) is 6.92 Å². The van der Waals surface area contributed by atoms with E-state index in [1.54, 1.807) is 0 Å². The van der Waals surface area contributed by atoms with Crippen LogP contribution < -0.4 is 5.32 Å². The minimum atomic E-state index is 0.636. The molecule has 0 aliphatic heterocycles. The van der Waals surface area contributed by atoms with Gasteiger partial charge in [0, 0.05) is 24.9 Å². The second-order valence-electron chi connectivity index (χ2n) is 3.21. The lowest BCUT2D eigenvalue weighted by Gasteiger charge is -2.19. The second-order valence-corrected chi connectivity index (χ2v) is 4.61. The summed E-state index contributed by atoms with van der Waals surface area (Å²) in [5.74, 6) is 2.46. The second kappa shape index (κ2) is 7.90. The minimum absolute atomic E-state index is 0.636. The number of nitrogens with zero attached hydrogens (tertiary/aromatic N) is 1. The number of hydrogen-bond donors (Lipinski definition) is 1. The molecule has 0 fully saturated rings. The molecular weight excluding hydrogens is 168 g/mol. The quantitative estimate of drug-likeness (QED) is 0.609. The SMILES string of the molecule is CCSCCNCC(C)N(C)C. The van der Waals surface area contributed by atoms with Gasteiger partial charge < -0.3 is 10.2 Å². The zero-order valence-corrected chi connectivity index (χ0v) is 9.58. The summed E-state index contributed by atoms with van der Waals surface area (Å²) < 4.78 is 0. The largest absolute Gasteiger partial charge is 0.314 e. The first-order valence-corrected chi connectivity index (χ1v) is 5.78. The van der Waals surface area contributed by atoms with Crippen molar-refractivity contribution < 1.29 is 0 Å². The van der Waals surface area contributed by atoms with Crippen LogP contribution in [0.15, 0.2) is 0 Å². The van der Waals surface area contributed by atoms with E-state index in [1.165, 1.54) is 11.5 Å². The van der Waals surface area contributed by atoms with Crippen molar-refractivity contribution in [2.75, 3.05) is 38.7 Å². The van der Waals surface area contributed by atoms with Crippen LogP contribution in [0.2, 0.25) is 0 Å². The number of nitrogens with one attached hydrogen (secondary N) is 1. The molecule has 2 nitrogen and oxygen atoms in total. The van der Waals surface area contributed by atoms with Gasteiger partial charge in [-0.15, -0.1) is 0 Å². The van der Waals surface area contributed by atoms with Crippen molar-refractivity contribution in [2.45, 2.75) is 19.9 Å². The van der Waals surface area contributed by atoms with E-state index in [0.717, 1.165) is 13.1 Å². The normalized spacial score (nSPS) is 13.8. The fourth-order valence-corrected chi connectivity index (χ4v) is 1.36. The van der Waals surface area contributed by atoms with Crippen molar-refractivity contribution in [3.63, 3.8) is 0 Å². The maximum absolute atomic E-state index is 3.44. The van der Waals surface area contributed by atoms with Crippen LogP contribution in [0.25, 0.3) is 0 Å². The topological polar surface area (TPSA) is 15.3 Å². The van der Waals surface area contributed by atoms with E-state index >= 15 is 0 Å². The van der Waals surface area contributed by atoms with Gasteiger partial charge in [0.05, 0.1) is 0 Å². The Balaban J connectivity index is 3.08. The first-order valence-electron chi connectivity index (χ1n) is 4.63. The summed E-state index contributed by atoms with van der Waals surface area (Å²) in [7, 11) is 4.24. The average Bonchev–Trinajstić information content (AvgIpc) is 2.03. The van der Waals surface area contributed by atoms with Gasteiger partial charge in [-0.25, -0.2) is 0 Å². The van der Waals surface area contributed by atoms with Crippen LogP contribution in [-0.2, 0) is 0 Å². The van der Waals surface area contributed by atoms with Gasteiger partial charge >= 0.3 is 0 Å². The zero-order chi connectivity index (χ0) is 9.40. The molecule has 1 atom stereocenters. The zero-order valence-electron chi connectivity index (χ0n) is 8.76. The first-order chi connectivity index (χ1) is 5.68. The van der Waals surface area contributed by atoms with Gasteiger partial charge in [0.1, 0.15) is 0 Å². The van der Waals surface area contributed by atoms with Crippen molar-refractivity contribution >= 4 is 11.8 Å². The Labute approximate surface area is 81.1 Å². The van der Waals surface area contributed by atoms with E-state index < -0.39 is 0 Å². The Morgan fingerprint density at radius 3 is 2.58 bits per heavy atom. The monoisotopic (exact) mass is 190 g/mol. The van der Waals surface area contributed by atoms with Crippen molar-refractivity contribution in [2.24, 2.45) is 0 Å². The lowest BCUT2D eigenvalue weighted by atomic mass is 10.3. The molecule has 0 rings (SSSR count). The Bertz CT molecular complexity index is 96.5. The number of rotatable bonds is 7. The van der Waals surface area contributed by atoms with E-state index in [-0.39, 0.29) is 0 Å². The summed E-state index contributed by atoms with van der Waals surface area (Å²) in [6.45, 7) is 6.67. The van der Waals surface area contributed by atoms with Crippen LogP contribution in [0.5, 0.6) is 0 Å². The third-order valence-electron chi connectivity index (χ3n) is 1.95. The summed E-state index contributed by atoms with van der Waals surface area (Å²) in [5, 5.41) is 3.44. The average molecular weight is 190 g/mol. The molecule has 0 saturated carbocycles. The Hall–Kier alpha value is 0.270. The summed E-state index contributed by atoms with van der Waals surface area (Å²) in [6, 6.07) is 0.636. The van der Waals surface area contributed by atoms with E-state index in [0.29, 0.717) is 6.04 Å². The molecule has 1 unspecified atom stereocenters. The fourth-order valence-electron chi connectivity index (χ4n) is 0.782. The Kier molecular flexibility index (Phi) is 8.07. The highest BCUT2D eigenvalue weighted by atomic mass is 32.2. The lowest BCUT2D eigenvalue weighted by molar-refractivity contribution is 0.305. The van der Waals surface area contributed by atoms with Crippen LogP contribution in [0.3, 0.4) is 0 Å². The van der Waals surface area contributed by atoms with E-state index in [4.69, 9.17) is 0 Å². The van der Waals surface area contributed by atoms with Crippen molar-refractivity contribution in [1.29, 1.82) is 0 Å². The third kappa shape index (κ3) is 6.95. The van der Waals surface area contributed by atoms with Crippen LogP contribution in [0.4, 0.5) is 0 Å². The van der Waals surface area contributed by atoms with Gasteiger partial charge in [0.15, 0.2) is 0 Å². The molecule has 0 bridgehead atoms. The fraction of sp³-hybridized carbons (Fsp3) is 1.00. The molecule has 0 saturated heterocycles. The smallest absolute Gasteiger partial charge is 0.0186 e. The first kappa shape index (κ1) is 12.3. The predicted octanol–water partition coefficient (Wildman–Crippen LogP) is 1.28. The molecule has 0 radical (unpaired) electrons. The molecular formula is C9H22N2S. The molecule has 0 aromatic heterocycles. The van der Waals surface area contributed by atoms with Crippen LogP contribution >= 0.6 is 11.8 Å². The third-order valence-corrected chi connectivity index (χ3v) is 2.85. The minimum Gasteiger partial charge on any atom is -0.314 e. The molecule has 1 N–H and O–H groups in total. The molecule has 0 aromatic carbocycles. The van der Waals surface area contributed by atoms with E-state index in [1.807, 2.05) is 11.8 Å². The summed E-state index contributed by atoms with van der Waals surface area (Å²) >= 11 is 1.99. The van der Waals surface area contributed by atoms with Crippen LogP contribution in [0, 0.1) is 0 Å². The van der Waals surface area contributed by atoms with Gasteiger partial charge in [0.25, 0.3) is 0 Å². The van der Waals surface area contributed by atoms with E-state index in [9.17, 15) is 0 Å². The van der Waals surface area contributed by atoms with Crippen molar-refractivity contribution in [3.8, 4) is 0 Å². The van der Waals surface area contributed by atoms with Gasteiger partial charge in [-0.3, -0.25) is 0 Å². The molecule has 74 valence electrons. The van der Waals surface area contributed by atoms with Gasteiger partial charge in [0.2, 0.25) is 0 Å². The van der Waals surface area contributed by atoms with Crippen LogP contribution in [0.1, 0.15) is 13.8 Å². The molecule has 0 spiro atoms. The molecule has 0 aliphatic carbocycles. The molecule has 12 heavy (non-hydrogen) atoms. The standard InChI is InChI=1S/C9H22N2S/c1-5-12-7-6-10-8-9(2)11(3)4/h9-10H,5-8H2,1-4H3. The molecule has 0 aliphatic rings. The maximum Gasteiger partial charge on any atom is 0.0186 e. The number of hydrogen-bond acceptors (Lipinski definition) is 3. The van der Waals surface area contributed by atoms with Crippen LogP contribution in [-0.4, -0.2) is 49.6 Å². The van der Waals surface area contributed by atoms with Gasteiger partial charge in [-0.05, 0) is 26.8 Å². The molecule has 0 heterocycles. The summed E-state index contributed by atoms with van der Waals surface area (Å²) in [6.07, 6.45) is 0. The Morgan fingerprint density at radius 1 is 1.42 bits per heavy atom. The molecule has 0 aromatic rings. The number of thioether (sulfide) groups is 1. The number of likely N-dealkylation sites (N-methyl/N-ethyl adjacent to an activating group) is 1. The Morgan fingerprint density at radius 2 is 2.08 bits per heavy atom. The molecule has 0 amide bonds. The highest BCUT2D eigenvalue weighted by molar-refractivity contribution is 7.99. The van der Waals surface area contributed by atoms with E-state index in [2.05, 4.69) is 38.2 Å². The van der Waals surface area contributed by atoms with Crippen molar-refractivity contribution in [1.82, 2.24) is 10.2 Å². The highest BCUT2D eigenvalue weighted by Gasteiger charge is 2.01.